The maximum atomic E-state index is 11.8. The second-order valence-electron chi connectivity index (χ2n) is 5.29. The standard InChI is InChI=1S/C18H19NO6/c1-25-16-10-11(2-4-13(16)20)3-5-17(23)19-7-6-12-8-14(21)18(24)15(22)9-12/h2-5,8-10,20-22,24H,6-7H2,1H3,(H,19,23)/b5-3+. The molecule has 0 atom stereocenters. The van der Waals surface area contributed by atoms with Gasteiger partial charge in [-0.1, -0.05) is 6.07 Å². The average Bonchev–Trinajstić information content (AvgIpc) is 2.58. The van der Waals surface area contributed by atoms with E-state index in [0.717, 1.165) is 0 Å². The van der Waals surface area contributed by atoms with Gasteiger partial charge in [-0.15, -0.1) is 0 Å². The van der Waals surface area contributed by atoms with Crippen LogP contribution in [0.25, 0.3) is 6.08 Å². The third-order valence-electron chi connectivity index (χ3n) is 3.47. The molecule has 0 bridgehead atoms. The minimum atomic E-state index is -0.569. The number of phenolic OH excluding ortho intramolecular Hbond substituents is 4. The monoisotopic (exact) mass is 345 g/mol. The predicted octanol–water partition coefficient (Wildman–Crippen LogP) is 1.89. The van der Waals surface area contributed by atoms with Gasteiger partial charge in [-0.05, 0) is 47.9 Å². The molecule has 0 spiro atoms. The molecule has 132 valence electrons. The van der Waals surface area contributed by atoms with E-state index in [4.69, 9.17) is 4.74 Å². The highest BCUT2D eigenvalue weighted by atomic mass is 16.5. The number of ether oxygens (including phenoxy) is 1. The second-order valence-corrected chi connectivity index (χ2v) is 5.29. The van der Waals surface area contributed by atoms with Crippen molar-refractivity contribution in [2.75, 3.05) is 13.7 Å². The van der Waals surface area contributed by atoms with Crippen molar-refractivity contribution in [3.63, 3.8) is 0 Å². The summed E-state index contributed by atoms with van der Waals surface area (Å²) in [5.74, 6) is -1.39. The Balaban J connectivity index is 1.88. The van der Waals surface area contributed by atoms with Crippen molar-refractivity contribution >= 4 is 12.0 Å². The molecule has 0 aliphatic rings. The molecule has 0 radical (unpaired) electrons. The number of hydrogen-bond donors (Lipinski definition) is 5. The van der Waals surface area contributed by atoms with Crippen molar-refractivity contribution in [1.29, 1.82) is 0 Å². The van der Waals surface area contributed by atoms with Gasteiger partial charge in [-0.3, -0.25) is 4.79 Å². The fraction of sp³-hybridized carbons (Fsp3) is 0.167. The van der Waals surface area contributed by atoms with E-state index in [1.807, 2.05) is 0 Å². The Morgan fingerprint density at radius 3 is 2.40 bits per heavy atom. The summed E-state index contributed by atoms with van der Waals surface area (Å²) in [6, 6.07) is 7.35. The summed E-state index contributed by atoms with van der Waals surface area (Å²) >= 11 is 0. The summed E-state index contributed by atoms with van der Waals surface area (Å²) in [4.78, 5) is 11.8. The van der Waals surface area contributed by atoms with Crippen LogP contribution >= 0.6 is 0 Å². The average molecular weight is 345 g/mol. The van der Waals surface area contributed by atoms with Crippen LogP contribution in [0.15, 0.2) is 36.4 Å². The number of rotatable bonds is 6. The van der Waals surface area contributed by atoms with Crippen LogP contribution in [-0.2, 0) is 11.2 Å². The highest BCUT2D eigenvalue weighted by Crippen LogP contribution is 2.35. The van der Waals surface area contributed by atoms with Crippen LogP contribution in [0, 0.1) is 0 Å². The molecule has 0 saturated carbocycles. The van der Waals surface area contributed by atoms with Gasteiger partial charge >= 0.3 is 0 Å². The molecular weight excluding hydrogens is 326 g/mol. The van der Waals surface area contributed by atoms with E-state index in [1.54, 1.807) is 18.2 Å². The number of aromatic hydroxyl groups is 4. The molecular formula is C18H19NO6. The van der Waals surface area contributed by atoms with Crippen molar-refractivity contribution in [3.8, 4) is 28.7 Å². The number of carbonyl (C=O) groups is 1. The number of amides is 1. The molecule has 0 aliphatic carbocycles. The molecule has 5 N–H and O–H groups in total. The van der Waals surface area contributed by atoms with Crippen LogP contribution in [-0.4, -0.2) is 40.0 Å². The van der Waals surface area contributed by atoms with Crippen LogP contribution in [0.1, 0.15) is 11.1 Å². The van der Waals surface area contributed by atoms with E-state index in [-0.39, 0.29) is 18.2 Å². The molecule has 2 rings (SSSR count). The van der Waals surface area contributed by atoms with Crippen LogP contribution in [0.5, 0.6) is 28.7 Å². The SMILES string of the molecule is COc1cc(/C=C/C(=O)NCCc2cc(O)c(O)c(O)c2)ccc1O. The third-order valence-corrected chi connectivity index (χ3v) is 3.47. The molecule has 0 heterocycles. The first kappa shape index (κ1) is 18.0. The highest BCUT2D eigenvalue weighted by Gasteiger charge is 2.08. The van der Waals surface area contributed by atoms with Crippen molar-refractivity contribution in [2.45, 2.75) is 6.42 Å². The smallest absolute Gasteiger partial charge is 0.244 e. The normalized spacial score (nSPS) is 10.8. The summed E-state index contributed by atoms with van der Waals surface area (Å²) in [5, 5.41) is 40.3. The molecule has 0 saturated heterocycles. The topological polar surface area (TPSA) is 119 Å². The predicted molar refractivity (Wildman–Crippen MR) is 91.8 cm³/mol. The van der Waals surface area contributed by atoms with E-state index >= 15 is 0 Å². The van der Waals surface area contributed by atoms with Gasteiger partial charge in [0, 0.05) is 12.6 Å². The third kappa shape index (κ3) is 4.81. The number of phenols is 4. The van der Waals surface area contributed by atoms with E-state index in [1.165, 1.54) is 31.4 Å². The van der Waals surface area contributed by atoms with E-state index in [9.17, 15) is 25.2 Å². The Labute approximate surface area is 144 Å². The summed E-state index contributed by atoms with van der Waals surface area (Å²) in [5.41, 5.74) is 1.26. The van der Waals surface area contributed by atoms with Crippen LogP contribution in [0.2, 0.25) is 0 Å². The lowest BCUT2D eigenvalue weighted by Crippen LogP contribution is -2.23. The first-order chi connectivity index (χ1) is 11.9. The maximum Gasteiger partial charge on any atom is 0.244 e. The zero-order valence-electron chi connectivity index (χ0n) is 13.6. The molecule has 1 amide bonds. The summed E-state index contributed by atoms with van der Waals surface area (Å²) in [7, 11) is 1.44. The first-order valence-corrected chi connectivity index (χ1v) is 7.47. The number of hydrogen-bond acceptors (Lipinski definition) is 6. The van der Waals surface area contributed by atoms with E-state index < -0.39 is 17.2 Å². The van der Waals surface area contributed by atoms with Gasteiger partial charge < -0.3 is 30.5 Å². The molecule has 2 aromatic carbocycles. The molecule has 7 nitrogen and oxygen atoms in total. The molecule has 2 aromatic rings. The Kier molecular flexibility index (Phi) is 5.73. The highest BCUT2D eigenvalue weighted by molar-refractivity contribution is 5.91. The van der Waals surface area contributed by atoms with Gasteiger partial charge in [0.15, 0.2) is 28.7 Å². The molecule has 0 unspecified atom stereocenters. The van der Waals surface area contributed by atoms with E-state index in [0.29, 0.717) is 23.3 Å². The van der Waals surface area contributed by atoms with Gasteiger partial charge in [0.25, 0.3) is 0 Å². The maximum absolute atomic E-state index is 11.8. The van der Waals surface area contributed by atoms with Crippen molar-refractivity contribution < 1.29 is 30.0 Å². The lowest BCUT2D eigenvalue weighted by Gasteiger charge is -2.06. The minimum absolute atomic E-state index is 0.0181. The lowest BCUT2D eigenvalue weighted by molar-refractivity contribution is -0.116. The second kappa shape index (κ2) is 7.96. The van der Waals surface area contributed by atoms with Gasteiger partial charge in [0.1, 0.15) is 0 Å². The first-order valence-electron chi connectivity index (χ1n) is 7.47. The van der Waals surface area contributed by atoms with Crippen molar-refractivity contribution in [3.05, 3.63) is 47.5 Å². The summed E-state index contributed by atoms with van der Waals surface area (Å²) < 4.78 is 4.99. The summed E-state index contributed by atoms with van der Waals surface area (Å²) in [6.45, 7) is 0.283. The fourth-order valence-electron chi connectivity index (χ4n) is 2.16. The number of nitrogens with one attached hydrogen (secondary N) is 1. The van der Waals surface area contributed by atoms with E-state index in [2.05, 4.69) is 5.32 Å². The van der Waals surface area contributed by atoms with Gasteiger partial charge in [0.05, 0.1) is 7.11 Å². The number of benzene rings is 2. The minimum Gasteiger partial charge on any atom is -0.504 e. The molecule has 0 aliphatic heterocycles. The van der Waals surface area contributed by atoms with Gasteiger partial charge in [0.2, 0.25) is 5.91 Å². The number of carbonyl (C=O) groups excluding carboxylic acids is 1. The molecule has 25 heavy (non-hydrogen) atoms. The Bertz CT molecular complexity index is 777. The molecule has 7 heteroatoms. The van der Waals surface area contributed by atoms with Gasteiger partial charge in [-0.25, -0.2) is 0 Å². The Morgan fingerprint density at radius 1 is 1.08 bits per heavy atom. The van der Waals surface area contributed by atoms with Crippen molar-refractivity contribution in [2.24, 2.45) is 0 Å². The Hall–Kier alpha value is -3.35. The zero-order valence-corrected chi connectivity index (χ0v) is 13.6. The Morgan fingerprint density at radius 2 is 1.76 bits per heavy atom. The molecule has 0 fully saturated rings. The largest absolute Gasteiger partial charge is 0.504 e. The van der Waals surface area contributed by atoms with Crippen molar-refractivity contribution in [1.82, 2.24) is 5.32 Å². The van der Waals surface area contributed by atoms with Gasteiger partial charge in [-0.2, -0.15) is 0 Å². The number of methoxy groups -OCH3 is 1. The van der Waals surface area contributed by atoms with Crippen LogP contribution in [0.4, 0.5) is 0 Å². The quantitative estimate of drug-likeness (QED) is 0.403. The zero-order chi connectivity index (χ0) is 18.4. The van der Waals surface area contributed by atoms with Crippen LogP contribution in [0.3, 0.4) is 0 Å². The van der Waals surface area contributed by atoms with Crippen LogP contribution < -0.4 is 10.1 Å². The summed E-state index contributed by atoms with van der Waals surface area (Å²) in [6.07, 6.45) is 3.29. The fourth-order valence-corrected chi connectivity index (χ4v) is 2.16. The molecule has 0 aromatic heterocycles. The lowest BCUT2D eigenvalue weighted by atomic mass is 10.1.